The molecule has 1 aliphatic carbocycles. The molecule has 0 fully saturated rings. The van der Waals surface area contributed by atoms with Crippen molar-refractivity contribution in [3.05, 3.63) is 51.4 Å². The average molecular weight is 320 g/mol. The standard InChI is InChI=1S/C16H18BrNO/c1-10-8-11(2)16(13(17)9-10)18-14-4-3-5-15-12(14)6-7-19-15/h6-9,14,18H,3-5H2,1-2H3. The van der Waals surface area contributed by atoms with Crippen LogP contribution in [0.25, 0.3) is 0 Å². The summed E-state index contributed by atoms with van der Waals surface area (Å²) in [5.74, 6) is 1.14. The van der Waals surface area contributed by atoms with Crippen LogP contribution in [0.15, 0.2) is 33.4 Å². The first-order valence-corrected chi connectivity index (χ1v) is 7.54. The van der Waals surface area contributed by atoms with E-state index in [-0.39, 0.29) is 0 Å². The lowest BCUT2D eigenvalue weighted by atomic mass is 9.93. The van der Waals surface area contributed by atoms with Gasteiger partial charge in [0.25, 0.3) is 0 Å². The Kier molecular flexibility index (Phi) is 3.40. The van der Waals surface area contributed by atoms with Crippen LogP contribution >= 0.6 is 15.9 Å². The number of aryl methyl sites for hydroxylation is 3. The summed E-state index contributed by atoms with van der Waals surface area (Å²) in [5, 5.41) is 3.68. The van der Waals surface area contributed by atoms with Crippen LogP contribution in [0, 0.1) is 13.8 Å². The number of anilines is 1. The molecule has 2 aromatic rings. The van der Waals surface area contributed by atoms with E-state index in [1.807, 2.05) is 6.26 Å². The summed E-state index contributed by atoms with van der Waals surface area (Å²) in [6.45, 7) is 4.27. The molecule has 0 aliphatic heterocycles. The smallest absolute Gasteiger partial charge is 0.109 e. The van der Waals surface area contributed by atoms with Gasteiger partial charge in [-0.3, -0.25) is 0 Å². The largest absolute Gasteiger partial charge is 0.469 e. The number of halogens is 1. The number of hydrogen-bond acceptors (Lipinski definition) is 2. The molecule has 1 aromatic carbocycles. The molecule has 0 spiro atoms. The van der Waals surface area contributed by atoms with E-state index in [2.05, 4.69) is 53.3 Å². The Bertz CT molecular complexity index is 580. The predicted octanol–water partition coefficient (Wildman–Crippen LogP) is 5.15. The molecule has 100 valence electrons. The number of benzene rings is 1. The van der Waals surface area contributed by atoms with Crippen LogP contribution in [0.3, 0.4) is 0 Å². The van der Waals surface area contributed by atoms with Gasteiger partial charge in [-0.1, -0.05) is 6.07 Å². The highest BCUT2D eigenvalue weighted by atomic mass is 79.9. The second kappa shape index (κ2) is 5.04. The van der Waals surface area contributed by atoms with Gasteiger partial charge < -0.3 is 9.73 Å². The SMILES string of the molecule is Cc1cc(C)c(NC2CCCc3occc32)c(Br)c1. The van der Waals surface area contributed by atoms with Crippen LogP contribution in [-0.4, -0.2) is 0 Å². The number of rotatable bonds is 2. The minimum absolute atomic E-state index is 0.361. The summed E-state index contributed by atoms with van der Waals surface area (Å²) < 4.78 is 6.69. The molecule has 0 amide bonds. The first kappa shape index (κ1) is 12.8. The summed E-state index contributed by atoms with van der Waals surface area (Å²) in [7, 11) is 0. The van der Waals surface area contributed by atoms with Gasteiger partial charge in [-0.05, 0) is 65.9 Å². The summed E-state index contributed by atoms with van der Waals surface area (Å²) in [6, 6.07) is 6.84. The van der Waals surface area contributed by atoms with Gasteiger partial charge in [0, 0.05) is 16.5 Å². The van der Waals surface area contributed by atoms with Crippen LogP contribution in [0.4, 0.5) is 5.69 Å². The van der Waals surface area contributed by atoms with Crippen molar-refractivity contribution in [2.75, 3.05) is 5.32 Å². The van der Waals surface area contributed by atoms with E-state index >= 15 is 0 Å². The molecule has 1 aromatic heterocycles. The number of hydrogen-bond donors (Lipinski definition) is 1. The third kappa shape index (κ3) is 2.44. The Morgan fingerprint density at radius 3 is 2.95 bits per heavy atom. The summed E-state index contributed by atoms with van der Waals surface area (Å²) in [6.07, 6.45) is 5.21. The van der Waals surface area contributed by atoms with Crippen LogP contribution in [0.2, 0.25) is 0 Å². The molecule has 1 unspecified atom stereocenters. The maximum Gasteiger partial charge on any atom is 0.109 e. The zero-order valence-electron chi connectivity index (χ0n) is 11.3. The molecule has 3 heteroatoms. The fraction of sp³-hybridized carbons (Fsp3) is 0.375. The molecule has 1 atom stereocenters. The monoisotopic (exact) mass is 319 g/mol. The topological polar surface area (TPSA) is 25.2 Å². The predicted molar refractivity (Wildman–Crippen MR) is 81.6 cm³/mol. The van der Waals surface area contributed by atoms with E-state index in [4.69, 9.17) is 4.42 Å². The van der Waals surface area contributed by atoms with Crippen LogP contribution in [-0.2, 0) is 6.42 Å². The van der Waals surface area contributed by atoms with Gasteiger partial charge in [0.15, 0.2) is 0 Å². The molecule has 2 nitrogen and oxygen atoms in total. The molecule has 0 saturated heterocycles. The van der Waals surface area contributed by atoms with Gasteiger partial charge in [0.2, 0.25) is 0 Å². The van der Waals surface area contributed by atoms with Gasteiger partial charge in [-0.15, -0.1) is 0 Å². The zero-order valence-corrected chi connectivity index (χ0v) is 12.9. The highest BCUT2D eigenvalue weighted by molar-refractivity contribution is 9.10. The highest BCUT2D eigenvalue weighted by Crippen LogP contribution is 2.36. The van der Waals surface area contributed by atoms with E-state index in [1.54, 1.807) is 0 Å². The maximum absolute atomic E-state index is 5.55. The summed E-state index contributed by atoms with van der Waals surface area (Å²) in [4.78, 5) is 0. The molecule has 1 N–H and O–H groups in total. The normalized spacial score (nSPS) is 18.2. The van der Waals surface area contributed by atoms with Crippen LogP contribution in [0.5, 0.6) is 0 Å². The zero-order chi connectivity index (χ0) is 13.4. The molecular formula is C16H18BrNO. The van der Waals surface area contributed by atoms with Crippen molar-refractivity contribution in [2.45, 2.75) is 39.2 Å². The molecule has 3 rings (SSSR count). The van der Waals surface area contributed by atoms with Crippen LogP contribution < -0.4 is 5.32 Å². The molecule has 0 radical (unpaired) electrons. The van der Waals surface area contributed by atoms with E-state index in [9.17, 15) is 0 Å². The average Bonchev–Trinajstić information content (AvgIpc) is 2.82. The van der Waals surface area contributed by atoms with E-state index in [1.165, 1.54) is 28.8 Å². The summed E-state index contributed by atoms with van der Waals surface area (Å²) in [5.41, 5.74) is 5.08. The Morgan fingerprint density at radius 2 is 2.16 bits per heavy atom. The Morgan fingerprint density at radius 1 is 1.32 bits per heavy atom. The number of nitrogens with one attached hydrogen (secondary N) is 1. The van der Waals surface area contributed by atoms with E-state index in [0.29, 0.717) is 6.04 Å². The third-order valence-electron chi connectivity index (χ3n) is 3.80. The molecule has 0 saturated carbocycles. The first-order chi connectivity index (χ1) is 9.15. The molecular weight excluding hydrogens is 302 g/mol. The van der Waals surface area contributed by atoms with Crippen molar-refractivity contribution < 1.29 is 4.42 Å². The van der Waals surface area contributed by atoms with E-state index in [0.717, 1.165) is 23.1 Å². The molecule has 1 aliphatic rings. The van der Waals surface area contributed by atoms with E-state index < -0.39 is 0 Å². The second-order valence-electron chi connectivity index (χ2n) is 5.33. The highest BCUT2D eigenvalue weighted by Gasteiger charge is 2.23. The number of fused-ring (bicyclic) bond motifs is 1. The van der Waals surface area contributed by atoms with Gasteiger partial charge in [0.1, 0.15) is 5.76 Å². The van der Waals surface area contributed by atoms with Crippen molar-refractivity contribution in [2.24, 2.45) is 0 Å². The maximum atomic E-state index is 5.55. The first-order valence-electron chi connectivity index (χ1n) is 6.74. The minimum atomic E-state index is 0.361. The lowest BCUT2D eigenvalue weighted by Gasteiger charge is -2.25. The fourth-order valence-corrected chi connectivity index (χ4v) is 3.70. The van der Waals surface area contributed by atoms with Crippen molar-refractivity contribution in [3.63, 3.8) is 0 Å². The van der Waals surface area contributed by atoms with Crippen LogP contribution in [0.1, 0.15) is 41.3 Å². The van der Waals surface area contributed by atoms with Gasteiger partial charge in [-0.2, -0.15) is 0 Å². The quantitative estimate of drug-likeness (QED) is 0.828. The molecule has 19 heavy (non-hydrogen) atoms. The van der Waals surface area contributed by atoms with Crippen molar-refractivity contribution in [1.29, 1.82) is 0 Å². The fourth-order valence-electron chi connectivity index (χ4n) is 2.91. The van der Waals surface area contributed by atoms with Crippen molar-refractivity contribution in [1.82, 2.24) is 0 Å². The minimum Gasteiger partial charge on any atom is -0.469 e. The summed E-state index contributed by atoms with van der Waals surface area (Å²) >= 11 is 3.67. The van der Waals surface area contributed by atoms with Gasteiger partial charge >= 0.3 is 0 Å². The second-order valence-corrected chi connectivity index (χ2v) is 6.18. The number of furan rings is 1. The van der Waals surface area contributed by atoms with Crippen molar-refractivity contribution in [3.8, 4) is 0 Å². The Balaban J connectivity index is 1.92. The lowest BCUT2D eigenvalue weighted by Crippen LogP contribution is -2.16. The third-order valence-corrected chi connectivity index (χ3v) is 4.43. The van der Waals surface area contributed by atoms with Crippen molar-refractivity contribution >= 4 is 21.6 Å². The Labute approximate surface area is 122 Å². The van der Waals surface area contributed by atoms with Gasteiger partial charge in [-0.25, -0.2) is 0 Å². The van der Waals surface area contributed by atoms with Gasteiger partial charge in [0.05, 0.1) is 18.0 Å². The lowest BCUT2D eigenvalue weighted by molar-refractivity contribution is 0.461. The Hall–Kier alpha value is -1.22. The molecule has 1 heterocycles. The molecule has 0 bridgehead atoms.